The van der Waals surface area contributed by atoms with Gasteiger partial charge in [-0.25, -0.2) is 0 Å². The summed E-state index contributed by atoms with van der Waals surface area (Å²) in [5, 5.41) is 3.68. The Kier molecular flexibility index (Phi) is 7.01. The molecule has 6 unspecified atom stereocenters. The zero-order chi connectivity index (χ0) is 15.2. The third-order valence-electron chi connectivity index (χ3n) is 5.98. The summed E-state index contributed by atoms with van der Waals surface area (Å²) in [6.45, 7) is 10.4. The molecule has 0 amide bonds. The van der Waals surface area contributed by atoms with Crippen LogP contribution in [0, 0.1) is 17.8 Å². The van der Waals surface area contributed by atoms with Crippen LogP contribution in [0.1, 0.15) is 79.1 Å². The van der Waals surface area contributed by atoms with Crippen LogP contribution in [0.4, 0.5) is 0 Å². The van der Waals surface area contributed by atoms with Gasteiger partial charge in [-0.15, -0.1) is 0 Å². The van der Waals surface area contributed by atoms with Crippen molar-refractivity contribution < 1.29 is 4.74 Å². The first-order valence-electron chi connectivity index (χ1n) is 9.52. The molecule has 0 aromatic carbocycles. The lowest BCUT2D eigenvalue weighted by atomic mass is 9.79. The van der Waals surface area contributed by atoms with E-state index in [-0.39, 0.29) is 0 Å². The molecule has 2 nitrogen and oxygen atoms in total. The highest BCUT2D eigenvalue weighted by molar-refractivity contribution is 4.87. The molecular weight excluding hydrogens is 258 g/mol. The van der Waals surface area contributed by atoms with E-state index in [2.05, 4.69) is 33.0 Å². The molecule has 2 fully saturated rings. The second kappa shape index (κ2) is 8.53. The average Bonchev–Trinajstić information content (AvgIpc) is 2.46. The quantitative estimate of drug-likeness (QED) is 0.762. The second-order valence-corrected chi connectivity index (χ2v) is 7.70. The highest BCUT2D eigenvalue weighted by atomic mass is 16.5. The van der Waals surface area contributed by atoms with Crippen molar-refractivity contribution in [2.75, 3.05) is 6.54 Å². The molecule has 0 saturated heterocycles. The van der Waals surface area contributed by atoms with Crippen LogP contribution in [0.15, 0.2) is 0 Å². The Hall–Kier alpha value is -0.0800. The van der Waals surface area contributed by atoms with E-state index in [4.69, 9.17) is 4.74 Å². The van der Waals surface area contributed by atoms with Crippen molar-refractivity contribution in [2.45, 2.75) is 97.3 Å². The minimum Gasteiger partial charge on any atom is -0.373 e. The Bertz CT molecular complexity index is 293. The van der Waals surface area contributed by atoms with E-state index < -0.39 is 0 Å². The average molecular weight is 296 g/mol. The van der Waals surface area contributed by atoms with Crippen LogP contribution in [-0.4, -0.2) is 24.8 Å². The Labute approximate surface area is 132 Å². The molecule has 0 aromatic heterocycles. The lowest BCUT2D eigenvalue weighted by molar-refractivity contribution is -0.0821. The van der Waals surface area contributed by atoms with Crippen molar-refractivity contribution >= 4 is 0 Å². The van der Waals surface area contributed by atoms with Gasteiger partial charge in [0.05, 0.1) is 12.2 Å². The Morgan fingerprint density at radius 3 is 2.43 bits per heavy atom. The minimum atomic E-state index is 0.459. The second-order valence-electron chi connectivity index (χ2n) is 7.70. The predicted octanol–water partition coefficient (Wildman–Crippen LogP) is 4.77. The normalized spacial score (nSPS) is 41.1. The molecule has 2 aliphatic rings. The highest BCUT2D eigenvalue weighted by Crippen LogP contribution is 2.35. The third-order valence-corrected chi connectivity index (χ3v) is 5.98. The summed E-state index contributed by atoms with van der Waals surface area (Å²) < 4.78 is 6.63. The molecule has 0 aliphatic heterocycles. The fourth-order valence-corrected chi connectivity index (χ4v) is 4.40. The van der Waals surface area contributed by atoms with E-state index in [1.54, 1.807) is 0 Å². The summed E-state index contributed by atoms with van der Waals surface area (Å²) in [5.74, 6) is 2.61. The number of likely N-dealkylation sites (N-methyl/N-ethyl adjacent to an activating group) is 1. The number of nitrogens with one attached hydrogen (secondary N) is 1. The van der Waals surface area contributed by atoms with Gasteiger partial charge in [0.15, 0.2) is 0 Å². The van der Waals surface area contributed by atoms with Gasteiger partial charge in [-0.05, 0) is 62.8 Å². The van der Waals surface area contributed by atoms with E-state index in [1.165, 1.54) is 51.4 Å². The van der Waals surface area contributed by atoms with Crippen LogP contribution in [0.3, 0.4) is 0 Å². The number of hydrogen-bond acceptors (Lipinski definition) is 2. The number of rotatable bonds is 6. The summed E-state index contributed by atoms with van der Waals surface area (Å²) in [6.07, 6.45) is 11.6. The first-order valence-corrected chi connectivity index (χ1v) is 9.52. The minimum absolute atomic E-state index is 0.459. The monoisotopic (exact) mass is 295 g/mol. The maximum absolute atomic E-state index is 6.63. The molecule has 0 bridgehead atoms. The van der Waals surface area contributed by atoms with Gasteiger partial charge in [-0.1, -0.05) is 40.5 Å². The summed E-state index contributed by atoms with van der Waals surface area (Å²) in [7, 11) is 0. The zero-order valence-corrected chi connectivity index (χ0v) is 14.7. The maximum Gasteiger partial charge on any atom is 0.0734 e. The molecule has 2 heteroatoms. The van der Waals surface area contributed by atoms with Gasteiger partial charge in [0, 0.05) is 6.04 Å². The van der Waals surface area contributed by atoms with Crippen molar-refractivity contribution in [3.05, 3.63) is 0 Å². The smallest absolute Gasteiger partial charge is 0.0734 e. The van der Waals surface area contributed by atoms with Crippen molar-refractivity contribution in [3.8, 4) is 0 Å². The van der Waals surface area contributed by atoms with Crippen LogP contribution >= 0.6 is 0 Å². The molecular formula is C19H37NO. The third kappa shape index (κ3) is 4.96. The van der Waals surface area contributed by atoms with Crippen molar-refractivity contribution in [1.29, 1.82) is 0 Å². The van der Waals surface area contributed by atoms with Crippen LogP contribution < -0.4 is 5.32 Å². The van der Waals surface area contributed by atoms with Crippen LogP contribution in [0.5, 0.6) is 0 Å². The van der Waals surface area contributed by atoms with Gasteiger partial charge in [0.1, 0.15) is 0 Å². The lowest BCUT2D eigenvalue weighted by Crippen LogP contribution is -2.47. The van der Waals surface area contributed by atoms with Gasteiger partial charge >= 0.3 is 0 Å². The Morgan fingerprint density at radius 2 is 1.76 bits per heavy atom. The van der Waals surface area contributed by atoms with E-state index >= 15 is 0 Å². The molecule has 2 aliphatic carbocycles. The molecule has 0 heterocycles. The first-order chi connectivity index (χ1) is 10.1. The summed E-state index contributed by atoms with van der Waals surface area (Å²) >= 11 is 0. The molecule has 6 atom stereocenters. The van der Waals surface area contributed by atoms with E-state index in [0.29, 0.717) is 18.2 Å². The highest BCUT2D eigenvalue weighted by Gasteiger charge is 2.34. The summed E-state index contributed by atoms with van der Waals surface area (Å²) in [5.41, 5.74) is 0. The van der Waals surface area contributed by atoms with E-state index in [0.717, 1.165) is 24.3 Å². The van der Waals surface area contributed by atoms with Crippen LogP contribution in [0.2, 0.25) is 0 Å². The Morgan fingerprint density at radius 1 is 0.952 bits per heavy atom. The standard InChI is InChI=1S/C19H37NO/c1-5-7-16-9-11-18(20-6-2)19(13-16)21-17-10-8-14(3)15(4)12-17/h14-20H,5-13H2,1-4H3. The molecule has 0 aromatic rings. The molecule has 2 saturated carbocycles. The molecule has 1 N–H and O–H groups in total. The molecule has 2 rings (SSSR count). The molecule has 0 spiro atoms. The number of hydrogen-bond donors (Lipinski definition) is 1. The van der Waals surface area contributed by atoms with Crippen molar-refractivity contribution in [1.82, 2.24) is 5.32 Å². The first kappa shape index (κ1) is 17.3. The van der Waals surface area contributed by atoms with E-state index in [9.17, 15) is 0 Å². The van der Waals surface area contributed by atoms with Crippen molar-refractivity contribution in [2.24, 2.45) is 17.8 Å². The van der Waals surface area contributed by atoms with Crippen molar-refractivity contribution in [3.63, 3.8) is 0 Å². The number of ether oxygens (including phenoxy) is 1. The SMILES string of the molecule is CCCC1CCC(NCC)C(OC2CCC(C)C(C)C2)C1. The van der Waals surface area contributed by atoms with E-state index in [1.807, 2.05) is 0 Å². The topological polar surface area (TPSA) is 21.3 Å². The lowest BCUT2D eigenvalue weighted by Gasteiger charge is -2.41. The fourth-order valence-electron chi connectivity index (χ4n) is 4.40. The van der Waals surface area contributed by atoms with Gasteiger partial charge in [0.25, 0.3) is 0 Å². The predicted molar refractivity (Wildman–Crippen MR) is 90.6 cm³/mol. The maximum atomic E-state index is 6.63. The Balaban J connectivity index is 1.89. The van der Waals surface area contributed by atoms with Gasteiger partial charge in [-0.3, -0.25) is 0 Å². The largest absolute Gasteiger partial charge is 0.373 e. The molecule has 0 radical (unpaired) electrons. The zero-order valence-electron chi connectivity index (χ0n) is 14.7. The molecule has 124 valence electrons. The fraction of sp³-hybridized carbons (Fsp3) is 1.00. The summed E-state index contributed by atoms with van der Waals surface area (Å²) in [4.78, 5) is 0. The van der Waals surface area contributed by atoms with Gasteiger partial charge in [-0.2, -0.15) is 0 Å². The summed E-state index contributed by atoms with van der Waals surface area (Å²) in [6, 6.07) is 0.595. The molecule has 21 heavy (non-hydrogen) atoms. The van der Waals surface area contributed by atoms with Crippen LogP contribution in [0.25, 0.3) is 0 Å². The van der Waals surface area contributed by atoms with Gasteiger partial charge < -0.3 is 10.1 Å². The van der Waals surface area contributed by atoms with Crippen LogP contribution in [-0.2, 0) is 4.74 Å². The van der Waals surface area contributed by atoms with Gasteiger partial charge in [0.2, 0.25) is 0 Å².